The van der Waals surface area contributed by atoms with Gasteiger partial charge in [0.2, 0.25) is 5.89 Å². The quantitative estimate of drug-likeness (QED) is 0.794. The highest BCUT2D eigenvalue weighted by molar-refractivity contribution is 5.09. The molecule has 2 aliphatic heterocycles. The Hall–Kier alpha value is -0.940. The van der Waals surface area contributed by atoms with E-state index >= 15 is 0 Å². The van der Waals surface area contributed by atoms with Crippen LogP contribution in [0.4, 0.5) is 0 Å². The van der Waals surface area contributed by atoms with Crippen LogP contribution in [0.25, 0.3) is 0 Å². The average molecular weight is 223 g/mol. The van der Waals surface area contributed by atoms with Crippen LogP contribution >= 0.6 is 0 Å². The fourth-order valence-electron chi connectivity index (χ4n) is 2.75. The Morgan fingerprint density at radius 2 is 2.19 bits per heavy atom. The van der Waals surface area contributed by atoms with E-state index in [4.69, 9.17) is 4.52 Å². The summed E-state index contributed by atoms with van der Waals surface area (Å²) < 4.78 is 5.31. The number of hydrogen-bond donors (Lipinski definition) is 1. The molecule has 2 aliphatic rings. The third kappa shape index (κ3) is 1.46. The number of aliphatic hydroxyl groups excluding tert-OH is 1. The number of fused-ring (bicyclic) bond motifs is 2. The predicted molar refractivity (Wildman–Crippen MR) is 57.1 cm³/mol. The Morgan fingerprint density at radius 1 is 1.38 bits per heavy atom. The molecule has 0 saturated carbocycles. The van der Waals surface area contributed by atoms with Crippen molar-refractivity contribution in [2.75, 3.05) is 19.6 Å². The minimum absolute atomic E-state index is 0.226. The summed E-state index contributed by atoms with van der Waals surface area (Å²) in [5, 5.41) is 13.8. The van der Waals surface area contributed by atoms with Crippen LogP contribution in [-0.2, 0) is 0 Å². The van der Waals surface area contributed by atoms with Crippen LogP contribution in [0.2, 0.25) is 0 Å². The summed E-state index contributed by atoms with van der Waals surface area (Å²) in [7, 11) is 0. The molecule has 3 rings (SSSR count). The second-order valence-electron chi connectivity index (χ2n) is 5.20. The van der Waals surface area contributed by atoms with Crippen LogP contribution in [0.3, 0.4) is 0 Å². The molecule has 0 spiro atoms. The summed E-state index contributed by atoms with van der Waals surface area (Å²) in [6.45, 7) is 6.81. The second-order valence-corrected chi connectivity index (χ2v) is 5.20. The molecule has 3 heterocycles. The van der Waals surface area contributed by atoms with Crippen molar-refractivity contribution in [1.29, 1.82) is 0 Å². The van der Waals surface area contributed by atoms with Crippen LogP contribution in [0.15, 0.2) is 4.52 Å². The van der Waals surface area contributed by atoms with E-state index in [0.29, 0.717) is 11.8 Å². The van der Waals surface area contributed by atoms with E-state index < -0.39 is 0 Å². The molecule has 0 aliphatic carbocycles. The third-order valence-electron chi connectivity index (χ3n) is 3.67. The Bertz CT molecular complexity index is 390. The van der Waals surface area contributed by atoms with Crippen LogP contribution < -0.4 is 0 Å². The summed E-state index contributed by atoms with van der Waals surface area (Å²) in [4.78, 5) is 6.69. The van der Waals surface area contributed by atoms with Gasteiger partial charge in [-0.05, 0) is 0 Å². The van der Waals surface area contributed by atoms with Gasteiger partial charge in [-0.2, -0.15) is 4.98 Å². The zero-order valence-electron chi connectivity index (χ0n) is 9.63. The molecule has 0 amide bonds. The van der Waals surface area contributed by atoms with Crippen LogP contribution in [0.1, 0.15) is 37.4 Å². The second kappa shape index (κ2) is 3.53. The zero-order chi connectivity index (χ0) is 11.3. The molecular formula is C11H17N3O2. The van der Waals surface area contributed by atoms with Crippen molar-refractivity contribution in [1.82, 2.24) is 15.0 Å². The summed E-state index contributed by atoms with van der Waals surface area (Å²) in [6.07, 6.45) is -0.229. The minimum atomic E-state index is -0.229. The topological polar surface area (TPSA) is 62.4 Å². The van der Waals surface area contributed by atoms with Gasteiger partial charge >= 0.3 is 0 Å². The molecule has 2 bridgehead atoms. The van der Waals surface area contributed by atoms with Gasteiger partial charge in [0.15, 0.2) is 5.82 Å². The zero-order valence-corrected chi connectivity index (χ0v) is 9.63. The lowest BCUT2D eigenvalue weighted by Crippen LogP contribution is -2.33. The van der Waals surface area contributed by atoms with Gasteiger partial charge in [0.05, 0.1) is 12.0 Å². The molecule has 2 fully saturated rings. The van der Waals surface area contributed by atoms with Crippen LogP contribution in [0, 0.1) is 5.92 Å². The molecule has 1 N–H and O–H groups in total. The third-order valence-corrected chi connectivity index (χ3v) is 3.67. The SMILES string of the molecule is CC(C)c1noc(C2CN3CC(O)C2C3)n1. The largest absolute Gasteiger partial charge is 0.391 e. The van der Waals surface area contributed by atoms with Crippen LogP contribution in [0.5, 0.6) is 0 Å². The first kappa shape index (κ1) is 10.2. The van der Waals surface area contributed by atoms with Crippen molar-refractivity contribution in [2.24, 2.45) is 5.92 Å². The lowest BCUT2D eigenvalue weighted by atomic mass is 9.90. The monoisotopic (exact) mass is 223 g/mol. The Kier molecular flexibility index (Phi) is 2.26. The van der Waals surface area contributed by atoms with Gasteiger partial charge in [-0.15, -0.1) is 0 Å². The maximum absolute atomic E-state index is 9.84. The standard InChI is InChI=1S/C11H17N3O2/c1-6(2)10-12-11(16-13-10)8-4-14-3-7(8)9(15)5-14/h6-9,15H,3-5H2,1-2H3. The van der Waals surface area contributed by atoms with E-state index in [1.54, 1.807) is 0 Å². The maximum atomic E-state index is 9.84. The van der Waals surface area contributed by atoms with Crippen molar-refractivity contribution in [3.05, 3.63) is 11.7 Å². The maximum Gasteiger partial charge on any atom is 0.231 e. The first-order valence-corrected chi connectivity index (χ1v) is 5.89. The molecular weight excluding hydrogens is 206 g/mol. The molecule has 0 aromatic carbocycles. The first-order valence-electron chi connectivity index (χ1n) is 5.89. The molecule has 16 heavy (non-hydrogen) atoms. The average Bonchev–Trinajstić information content (AvgIpc) is 2.89. The van der Waals surface area contributed by atoms with Gasteiger partial charge in [-0.25, -0.2) is 0 Å². The van der Waals surface area contributed by atoms with E-state index in [-0.39, 0.29) is 17.9 Å². The van der Waals surface area contributed by atoms with Crippen molar-refractivity contribution >= 4 is 0 Å². The molecule has 4 unspecified atom stereocenters. The van der Waals surface area contributed by atoms with Gasteiger partial charge < -0.3 is 9.63 Å². The van der Waals surface area contributed by atoms with Gasteiger partial charge in [-0.3, -0.25) is 4.90 Å². The highest BCUT2D eigenvalue weighted by Gasteiger charge is 2.47. The summed E-state index contributed by atoms with van der Waals surface area (Å²) in [5.41, 5.74) is 0. The fraction of sp³-hybridized carbons (Fsp3) is 0.818. The number of aromatic nitrogens is 2. The molecule has 0 radical (unpaired) electrons. The van der Waals surface area contributed by atoms with Gasteiger partial charge in [-0.1, -0.05) is 19.0 Å². The van der Waals surface area contributed by atoms with Gasteiger partial charge in [0.1, 0.15) is 0 Å². The molecule has 2 saturated heterocycles. The predicted octanol–water partition coefficient (Wildman–Crippen LogP) is 0.583. The minimum Gasteiger partial charge on any atom is -0.391 e. The van der Waals surface area contributed by atoms with Gasteiger partial charge in [0, 0.05) is 31.5 Å². The van der Waals surface area contributed by atoms with Gasteiger partial charge in [0.25, 0.3) is 0 Å². The Balaban J connectivity index is 1.82. The summed E-state index contributed by atoms with van der Waals surface area (Å²) in [6, 6.07) is 0. The molecule has 1 aromatic rings. The summed E-state index contributed by atoms with van der Waals surface area (Å²) >= 11 is 0. The lowest BCUT2D eigenvalue weighted by Gasteiger charge is -2.23. The normalized spacial score (nSPS) is 37.5. The highest BCUT2D eigenvalue weighted by Crippen LogP contribution is 2.39. The van der Waals surface area contributed by atoms with E-state index in [2.05, 4.69) is 15.0 Å². The van der Waals surface area contributed by atoms with Crippen molar-refractivity contribution in [3.63, 3.8) is 0 Å². The van der Waals surface area contributed by atoms with Crippen LogP contribution in [-0.4, -0.2) is 45.9 Å². The van der Waals surface area contributed by atoms with E-state index in [0.717, 1.165) is 25.5 Å². The number of rotatable bonds is 2. The molecule has 5 heteroatoms. The van der Waals surface area contributed by atoms with Crippen molar-refractivity contribution in [3.8, 4) is 0 Å². The number of hydrogen-bond acceptors (Lipinski definition) is 5. The highest BCUT2D eigenvalue weighted by atomic mass is 16.5. The van der Waals surface area contributed by atoms with Crippen molar-refractivity contribution < 1.29 is 9.63 Å². The molecule has 5 nitrogen and oxygen atoms in total. The van der Waals surface area contributed by atoms with E-state index in [1.807, 2.05) is 13.8 Å². The number of piperidine rings is 1. The Labute approximate surface area is 94.4 Å². The van der Waals surface area contributed by atoms with E-state index in [1.165, 1.54) is 0 Å². The molecule has 4 atom stereocenters. The molecule has 1 aromatic heterocycles. The number of nitrogens with zero attached hydrogens (tertiary/aromatic N) is 3. The van der Waals surface area contributed by atoms with Crippen molar-refractivity contribution in [2.45, 2.75) is 31.8 Å². The Morgan fingerprint density at radius 3 is 2.75 bits per heavy atom. The number of aliphatic hydroxyl groups is 1. The smallest absolute Gasteiger partial charge is 0.231 e. The molecule has 88 valence electrons. The first-order chi connectivity index (χ1) is 7.65. The van der Waals surface area contributed by atoms with E-state index in [9.17, 15) is 5.11 Å². The fourth-order valence-corrected chi connectivity index (χ4v) is 2.75. The lowest BCUT2D eigenvalue weighted by molar-refractivity contribution is 0.0974. The summed E-state index contributed by atoms with van der Waals surface area (Å²) in [5.74, 6) is 2.27.